The molecule has 0 radical (unpaired) electrons. The molecule has 1 N–H and O–H groups in total. The van der Waals surface area contributed by atoms with Crippen molar-refractivity contribution in [3.05, 3.63) is 28.7 Å². The van der Waals surface area contributed by atoms with Crippen molar-refractivity contribution in [2.24, 2.45) is 18.9 Å². The number of hydrogen-bond donors (Lipinski definition) is 1. The number of piperidine rings is 1. The fourth-order valence-electron chi connectivity index (χ4n) is 4.63. The quantitative estimate of drug-likeness (QED) is 0.794. The summed E-state index contributed by atoms with van der Waals surface area (Å²) in [5.41, 5.74) is 0.776. The van der Waals surface area contributed by atoms with Gasteiger partial charge in [0.05, 0.1) is 16.3 Å². The van der Waals surface area contributed by atoms with Gasteiger partial charge < -0.3 is 9.73 Å². The van der Waals surface area contributed by atoms with Gasteiger partial charge in [-0.05, 0) is 43.7 Å². The third-order valence-corrected chi connectivity index (χ3v) is 8.46. The summed E-state index contributed by atoms with van der Waals surface area (Å²) in [6, 6.07) is 4.63. The molecule has 4 rings (SSSR count). The molecule has 0 unspecified atom stereocenters. The molecule has 2 heterocycles. The van der Waals surface area contributed by atoms with Crippen LogP contribution in [0.25, 0.3) is 11.1 Å². The maximum atomic E-state index is 13.2. The molecule has 1 amide bonds. The van der Waals surface area contributed by atoms with E-state index in [0.29, 0.717) is 30.8 Å². The standard InChI is InChI=1S/C21H29N3O5S/c1-14-6-3-4-8-17(14)22-20(25)15-7-5-11-24(13-15)30(27,28)16-9-10-18-19(12-16)29-21(26)23(18)2/h9-10,12,14-15,17H,3-8,11,13H2,1-2H3,(H,22,25)/t14-,15+,17-/m1/s1. The Hall–Kier alpha value is -2.13. The number of fused-ring (bicyclic) bond motifs is 1. The maximum Gasteiger partial charge on any atom is 0.419 e. The third kappa shape index (κ3) is 3.92. The smallest absolute Gasteiger partial charge is 0.408 e. The summed E-state index contributed by atoms with van der Waals surface area (Å²) in [6.45, 7) is 2.72. The number of sulfonamides is 1. The van der Waals surface area contributed by atoms with Crippen LogP contribution in [0.2, 0.25) is 0 Å². The highest BCUT2D eigenvalue weighted by atomic mass is 32.2. The van der Waals surface area contributed by atoms with Crippen LogP contribution < -0.4 is 11.1 Å². The van der Waals surface area contributed by atoms with Crippen LogP contribution in [0.4, 0.5) is 0 Å². The number of aromatic nitrogens is 1. The van der Waals surface area contributed by atoms with Gasteiger partial charge >= 0.3 is 5.76 Å². The first kappa shape index (κ1) is 21.1. The van der Waals surface area contributed by atoms with Crippen molar-refractivity contribution in [1.29, 1.82) is 0 Å². The van der Waals surface area contributed by atoms with Crippen molar-refractivity contribution >= 4 is 27.0 Å². The van der Waals surface area contributed by atoms with Gasteiger partial charge in [-0.25, -0.2) is 13.2 Å². The number of hydrogen-bond acceptors (Lipinski definition) is 5. The molecule has 164 valence electrons. The Morgan fingerprint density at radius 2 is 1.93 bits per heavy atom. The van der Waals surface area contributed by atoms with E-state index in [1.165, 1.54) is 27.4 Å². The van der Waals surface area contributed by atoms with E-state index < -0.39 is 15.8 Å². The topological polar surface area (TPSA) is 102 Å². The van der Waals surface area contributed by atoms with Crippen molar-refractivity contribution in [3.63, 3.8) is 0 Å². The van der Waals surface area contributed by atoms with Gasteiger partial charge in [0.25, 0.3) is 0 Å². The van der Waals surface area contributed by atoms with Crippen LogP contribution >= 0.6 is 0 Å². The highest BCUT2D eigenvalue weighted by molar-refractivity contribution is 7.89. The van der Waals surface area contributed by atoms with Crippen LogP contribution in [-0.4, -0.2) is 42.3 Å². The molecule has 0 spiro atoms. The molecule has 1 aromatic heterocycles. The zero-order valence-electron chi connectivity index (χ0n) is 17.5. The Bertz CT molecular complexity index is 1100. The lowest BCUT2D eigenvalue weighted by Crippen LogP contribution is -2.49. The lowest BCUT2D eigenvalue weighted by Gasteiger charge is -2.34. The molecule has 3 atom stereocenters. The zero-order valence-corrected chi connectivity index (χ0v) is 18.3. The lowest BCUT2D eigenvalue weighted by atomic mass is 9.85. The van der Waals surface area contributed by atoms with Gasteiger partial charge in [0.2, 0.25) is 15.9 Å². The van der Waals surface area contributed by atoms with Crippen molar-refractivity contribution in [2.45, 2.75) is 56.4 Å². The minimum Gasteiger partial charge on any atom is -0.408 e. The van der Waals surface area contributed by atoms with Crippen molar-refractivity contribution < 1.29 is 17.6 Å². The Kier molecular flexibility index (Phi) is 5.76. The summed E-state index contributed by atoms with van der Waals surface area (Å²) >= 11 is 0. The van der Waals surface area contributed by atoms with Crippen molar-refractivity contribution in [1.82, 2.24) is 14.2 Å². The summed E-state index contributed by atoms with van der Waals surface area (Å²) in [6.07, 6.45) is 5.76. The molecule has 2 aliphatic rings. The van der Waals surface area contributed by atoms with Crippen molar-refractivity contribution in [3.8, 4) is 0 Å². The van der Waals surface area contributed by atoms with Crippen LogP contribution in [-0.2, 0) is 21.9 Å². The molecule has 2 aromatic rings. The van der Waals surface area contributed by atoms with Crippen LogP contribution in [0.1, 0.15) is 45.4 Å². The number of carbonyl (C=O) groups excluding carboxylic acids is 1. The molecule has 1 saturated heterocycles. The van der Waals surface area contributed by atoms with Crippen molar-refractivity contribution in [2.75, 3.05) is 13.1 Å². The maximum absolute atomic E-state index is 13.2. The second kappa shape index (κ2) is 8.19. The summed E-state index contributed by atoms with van der Waals surface area (Å²) in [7, 11) is -2.21. The predicted octanol–water partition coefficient (Wildman–Crippen LogP) is 2.23. The second-order valence-corrected chi connectivity index (χ2v) is 10.6. The number of benzene rings is 1. The zero-order chi connectivity index (χ0) is 21.5. The van der Waals surface area contributed by atoms with Gasteiger partial charge in [0, 0.05) is 32.2 Å². The average Bonchev–Trinajstić information content (AvgIpc) is 3.03. The fourth-order valence-corrected chi connectivity index (χ4v) is 6.17. The Morgan fingerprint density at radius 1 is 1.17 bits per heavy atom. The van der Waals surface area contributed by atoms with Crippen LogP contribution in [0.3, 0.4) is 0 Å². The second-order valence-electron chi connectivity index (χ2n) is 8.64. The van der Waals surface area contributed by atoms with E-state index in [1.54, 1.807) is 13.1 Å². The monoisotopic (exact) mass is 435 g/mol. The first-order chi connectivity index (χ1) is 14.3. The number of nitrogens with one attached hydrogen (secondary N) is 1. The summed E-state index contributed by atoms with van der Waals surface area (Å²) in [5.74, 6) is -0.469. The number of oxazole rings is 1. The van der Waals surface area contributed by atoms with Gasteiger partial charge in [-0.15, -0.1) is 0 Å². The van der Waals surface area contributed by atoms with Crippen LogP contribution in [0.5, 0.6) is 0 Å². The Labute approximate surface area is 176 Å². The first-order valence-electron chi connectivity index (χ1n) is 10.7. The Balaban J connectivity index is 1.50. The molecule has 1 aliphatic carbocycles. The van der Waals surface area contributed by atoms with Gasteiger partial charge in [0.15, 0.2) is 5.58 Å². The molecule has 1 aromatic carbocycles. The van der Waals surface area contributed by atoms with E-state index in [1.807, 2.05) is 0 Å². The summed E-state index contributed by atoms with van der Waals surface area (Å²) < 4.78 is 34.3. The van der Waals surface area contributed by atoms with Gasteiger partial charge in [-0.1, -0.05) is 19.8 Å². The van der Waals surface area contributed by atoms with E-state index in [9.17, 15) is 18.0 Å². The number of nitrogens with zero attached hydrogens (tertiary/aromatic N) is 2. The minimum absolute atomic E-state index is 0.0434. The molecular weight excluding hydrogens is 406 g/mol. The number of amides is 1. The fraction of sp³-hybridized carbons (Fsp3) is 0.619. The molecule has 2 fully saturated rings. The molecule has 1 saturated carbocycles. The molecular formula is C21H29N3O5S. The average molecular weight is 436 g/mol. The highest BCUT2D eigenvalue weighted by Crippen LogP contribution is 2.28. The van der Waals surface area contributed by atoms with E-state index in [0.717, 1.165) is 19.3 Å². The number of rotatable bonds is 4. The normalized spacial score (nSPS) is 26.0. The largest absolute Gasteiger partial charge is 0.419 e. The van der Waals surface area contributed by atoms with E-state index in [-0.39, 0.29) is 34.9 Å². The number of aryl methyl sites for hydroxylation is 1. The lowest BCUT2D eigenvalue weighted by molar-refractivity contribution is -0.127. The molecule has 1 aliphatic heterocycles. The van der Waals surface area contributed by atoms with Crippen LogP contribution in [0, 0.1) is 11.8 Å². The number of carbonyl (C=O) groups is 1. The van der Waals surface area contributed by atoms with E-state index >= 15 is 0 Å². The van der Waals surface area contributed by atoms with Gasteiger partial charge in [0.1, 0.15) is 0 Å². The molecule has 8 nitrogen and oxygen atoms in total. The minimum atomic E-state index is -3.79. The SMILES string of the molecule is C[C@@H]1CCCC[C@H]1NC(=O)[C@H]1CCCN(S(=O)(=O)c2ccc3c(c2)oc(=O)n3C)C1. The van der Waals surface area contributed by atoms with Gasteiger partial charge in [-0.2, -0.15) is 4.31 Å². The first-order valence-corrected chi connectivity index (χ1v) is 12.1. The molecule has 9 heteroatoms. The van der Waals surface area contributed by atoms with E-state index in [4.69, 9.17) is 4.42 Å². The molecule has 0 bridgehead atoms. The highest BCUT2D eigenvalue weighted by Gasteiger charge is 2.35. The van der Waals surface area contributed by atoms with Crippen LogP contribution in [0.15, 0.2) is 32.3 Å². The summed E-state index contributed by atoms with van der Waals surface area (Å²) in [4.78, 5) is 24.6. The molecule has 30 heavy (non-hydrogen) atoms. The third-order valence-electron chi connectivity index (χ3n) is 6.60. The van der Waals surface area contributed by atoms with E-state index in [2.05, 4.69) is 12.2 Å². The predicted molar refractivity (Wildman–Crippen MR) is 113 cm³/mol. The summed E-state index contributed by atoms with van der Waals surface area (Å²) in [5, 5.41) is 3.17. The van der Waals surface area contributed by atoms with Gasteiger partial charge in [-0.3, -0.25) is 9.36 Å². The Morgan fingerprint density at radius 3 is 2.70 bits per heavy atom.